The Morgan fingerprint density at radius 3 is 3.05 bits per heavy atom. The molecular formula is C13H10BrFN2OS. The number of nitrogens with zero attached hydrogens (tertiary/aromatic N) is 1. The molecule has 2 aromatic rings. The van der Waals surface area contributed by atoms with Gasteiger partial charge >= 0.3 is 0 Å². The molecule has 0 saturated heterocycles. The summed E-state index contributed by atoms with van der Waals surface area (Å²) in [4.78, 5) is 17.6. The van der Waals surface area contributed by atoms with Crippen LogP contribution in [-0.2, 0) is 12.8 Å². The molecule has 3 rings (SSSR count). The van der Waals surface area contributed by atoms with Crippen LogP contribution in [0.1, 0.15) is 27.3 Å². The topological polar surface area (TPSA) is 42.0 Å². The molecule has 1 amide bonds. The van der Waals surface area contributed by atoms with Crippen molar-refractivity contribution in [2.24, 2.45) is 0 Å². The summed E-state index contributed by atoms with van der Waals surface area (Å²) in [6, 6.07) is 4.29. The van der Waals surface area contributed by atoms with Crippen molar-refractivity contribution in [3.05, 3.63) is 44.6 Å². The second-order valence-electron chi connectivity index (χ2n) is 4.32. The average Bonchev–Trinajstić information content (AvgIpc) is 2.92. The Morgan fingerprint density at radius 1 is 1.42 bits per heavy atom. The van der Waals surface area contributed by atoms with E-state index in [-0.39, 0.29) is 5.56 Å². The van der Waals surface area contributed by atoms with E-state index in [0.29, 0.717) is 9.60 Å². The normalized spacial score (nSPS) is 13.4. The van der Waals surface area contributed by atoms with Gasteiger partial charge in [-0.05, 0) is 37.5 Å². The van der Waals surface area contributed by atoms with Crippen LogP contribution in [0.25, 0.3) is 0 Å². The maximum atomic E-state index is 13.6. The Kier molecular flexibility index (Phi) is 3.36. The third kappa shape index (κ3) is 2.55. The SMILES string of the molecule is O=C(Nc1nc2c(s1)CCC2)c1cc(Br)ccc1F. The van der Waals surface area contributed by atoms with Gasteiger partial charge in [-0.2, -0.15) is 0 Å². The number of aromatic nitrogens is 1. The number of rotatable bonds is 2. The Hall–Kier alpha value is -1.27. The van der Waals surface area contributed by atoms with Crippen molar-refractivity contribution in [3.8, 4) is 0 Å². The molecular weight excluding hydrogens is 331 g/mol. The van der Waals surface area contributed by atoms with Gasteiger partial charge in [-0.3, -0.25) is 10.1 Å². The number of aryl methyl sites for hydroxylation is 2. The molecule has 1 aromatic carbocycles. The lowest BCUT2D eigenvalue weighted by molar-refractivity contribution is 0.102. The highest BCUT2D eigenvalue weighted by Gasteiger charge is 2.19. The van der Waals surface area contributed by atoms with Crippen molar-refractivity contribution < 1.29 is 9.18 Å². The first-order valence-corrected chi connectivity index (χ1v) is 7.49. The molecule has 98 valence electrons. The number of thiazole rings is 1. The van der Waals surface area contributed by atoms with Gasteiger partial charge in [-0.15, -0.1) is 11.3 Å². The zero-order chi connectivity index (χ0) is 13.4. The number of carbonyl (C=O) groups is 1. The maximum Gasteiger partial charge on any atom is 0.260 e. The second kappa shape index (κ2) is 5.02. The molecule has 19 heavy (non-hydrogen) atoms. The fourth-order valence-electron chi connectivity index (χ4n) is 2.08. The number of halogens is 2. The van der Waals surface area contributed by atoms with Crippen LogP contribution in [0.2, 0.25) is 0 Å². The summed E-state index contributed by atoms with van der Waals surface area (Å²) in [7, 11) is 0. The minimum absolute atomic E-state index is 0.0183. The van der Waals surface area contributed by atoms with E-state index in [1.807, 2.05) is 0 Å². The van der Waals surface area contributed by atoms with Gasteiger partial charge in [0, 0.05) is 9.35 Å². The fourth-order valence-corrected chi connectivity index (χ4v) is 3.49. The number of carbonyl (C=O) groups excluding carboxylic acids is 1. The predicted octanol–water partition coefficient (Wildman–Crippen LogP) is 3.79. The quantitative estimate of drug-likeness (QED) is 0.903. The number of amides is 1. The Labute approximate surface area is 122 Å². The van der Waals surface area contributed by atoms with Crippen molar-refractivity contribution in [2.75, 3.05) is 5.32 Å². The summed E-state index contributed by atoms with van der Waals surface area (Å²) in [5.41, 5.74) is 1.08. The van der Waals surface area contributed by atoms with E-state index in [1.54, 1.807) is 6.07 Å². The summed E-state index contributed by atoms with van der Waals surface area (Å²) in [5.74, 6) is -1.00. The lowest BCUT2D eigenvalue weighted by Crippen LogP contribution is -2.13. The smallest absolute Gasteiger partial charge is 0.260 e. The first-order chi connectivity index (χ1) is 9.13. The second-order valence-corrected chi connectivity index (χ2v) is 6.32. The molecule has 0 saturated carbocycles. The van der Waals surface area contributed by atoms with Crippen molar-refractivity contribution >= 4 is 38.3 Å². The molecule has 1 aliphatic rings. The van der Waals surface area contributed by atoms with Crippen molar-refractivity contribution in [1.29, 1.82) is 0 Å². The van der Waals surface area contributed by atoms with E-state index >= 15 is 0 Å². The zero-order valence-electron chi connectivity index (χ0n) is 9.87. The lowest BCUT2D eigenvalue weighted by Gasteiger charge is -2.03. The standard InChI is InChI=1S/C13H10BrFN2OS/c14-7-4-5-9(15)8(6-7)12(18)17-13-16-10-2-1-3-11(10)19-13/h4-6H,1-3H2,(H,16,17,18). The van der Waals surface area contributed by atoms with Gasteiger partial charge in [0.15, 0.2) is 5.13 Å². The van der Waals surface area contributed by atoms with Gasteiger partial charge in [-0.25, -0.2) is 9.37 Å². The number of hydrogen-bond donors (Lipinski definition) is 1. The van der Waals surface area contributed by atoms with Crippen molar-refractivity contribution in [3.63, 3.8) is 0 Å². The zero-order valence-corrected chi connectivity index (χ0v) is 12.3. The molecule has 0 spiro atoms. The van der Waals surface area contributed by atoms with Crippen molar-refractivity contribution in [2.45, 2.75) is 19.3 Å². The van der Waals surface area contributed by atoms with Crippen LogP contribution in [0.3, 0.4) is 0 Å². The van der Waals surface area contributed by atoms with E-state index in [1.165, 1.54) is 28.3 Å². The molecule has 1 heterocycles. The Morgan fingerprint density at radius 2 is 2.26 bits per heavy atom. The fraction of sp³-hybridized carbons (Fsp3) is 0.231. The summed E-state index contributed by atoms with van der Waals surface area (Å²) in [5, 5.41) is 3.21. The van der Waals surface area contributed by atoms with E-state index in [2.05, 4.69) is 26.2 Å². The van der Waals surface area contributed by atoms with Crippen LogP contribution in [0.5, 0.6) is 0 Å². The highest BCUT2D eigenvalue weighted by Crippen LogP contribution is 2.30. The first-order valence-electron chi connectivity index (χ1n) is 5.88. The number of nitrogens with one attached hydrogen (secondary N) is 1. The molecule has 0 aliphatic heterocycles. The van der Waals surface area contributed by atoms with Gasteiger partial charge in [0.1, 0.15) is 5.82 Å². The average molecular weight is 341 g/mol. The van der Waals surface area contributed by atoms with Gasteiger partial charge in [0.2, 0.25) is 0 Å². The van der Waals surface area contributed by atoms with Crippen LogP contribution in [0.4, 0.5) is 9.52 Å². The van der Waals surface area contributed by atoms with Crippen molar-refractivity contribution in [1.82, 2.24) is 4.98 Å². The molecule has 3 nitrogen and oxygen atoms in total. The van der Waals surface area contributed by atoms with Crippen LogP contribution in [0, 0.1) is 5.82 Å². The number of benzene rings is 1. The van der Waals surface area contributed by atoms with Gasteiger partial charge < -0.3 is 0 Å². The van der Waals surface area contributed by atoms with Crippen LogP contribution in [-0.4, -0.2) is 10.9 Å². The van der Waals surface area contributed by atoms with Gasteiger partial charge in [-0.1, -0.05) is 15.9 Å². The highest BCUT2D eigenvalue weighted by molar-refractivity contribution is 9.10. The molecule has 1 N–H and O–H groups in total. The van der Waals surface area contributed by atoms with Crippen LogP contribution < -0.4 is 5.32 Å². The maximum absolute atomic E-state index is 13.6. The summed E-state index contributed by atoms with van der Waals surface area (Å²) in [6.07, 6.45) is 3.11. The minimum Gasteiger partial charge on any atom is -0.298 e. The van der Waals surface area contributed by atoms with Gasteiger partial charge in [0.05, 0.1) is 11.3 Å². The third-order valence-corrected chi connectivity index (χ3v) is 4.56. The third-order valence-electron chi connectivity index (χ3n) is 2.99. The monoisotopic (exact) mass is 340 g/mol. The predicted molar refractivity (Wildman–Crippen MR) is 76.2 cm³/mol. The Balaban J connectivity index is 1.82. The number of fused-ring (bicyclic) bond motifs is 1. The number of anilines is 1. The lowest BCUT2D eigenvalue weighted by atomic mass is 10.2. The van der Waals surface area contributed by atoms with E-state index < -0.39 is 11.7 Å². The van der Waals surface area contributed by atoms with Crippen LogP contribution in [0.15, 0.2) is 22.7 Å². The van der Waals surface area contributed by atoms with E-state index in [4.69, 9.17) is 0 Å². The highest BCUT2D eigenvalue weighted by atomic mass is 79.9. The molecule has 0 bridgehead atoms. The molecule has 1 aromatic heterocycles. The minimum atomic E-state index is -0.537. The number of hydrogen-bond acceptors (Lipinski definition) is 3. The summed E-state index contributed by atoms with van der Waals surface area (Å²) < 4.78 is 14.3. The Bertz CT molecular complexity index is 635. The molecule has 1 aliphatic carbocycles. The summed E-state index contributed by atoms with van der Waals surface area (Å²) in [6.45, 7) is 0. The molecule has 6 heteroatoms. The molecule has 0 unspecified atom stereocenters. The molecule has 0 radical (unpaired) electrons. The molecule has 0 fully saturated rings. The van der Waals surface area contributed by atoms with E-state index in [9.17, 15) is 9.18 Å². The largest absolute Gasteiger partial charge is 0.298 e. The molecule has 0 atom stereocenters. The van der Waals surface area contributed by atoms with Gasteiger partial charge in [0.25, 0.3) is 5.91 Å². The first kappa shape index (κ1) is 12.7. The summed E-state index contributed by atoms with van der Waals surface area (Å²) >= 11 is 4.70. The van der Waals surface area contributed by atoms with Crippen LogP contribution >= 0.6 is 27.3 Å². The van der Waals surface area contributed by atoms with E-state index in [0.717, 1.165) is 25.0 Å².